The Morgan fingerprint density at radius 1 is 0.411 bits per heavy atom. The van der Waals surface area contributed by atoms with Gasteiger partial charge in [-0.15, -0.1) is 94.0 Å². The Hall–Kier alpha value is -8.84. The van der Waals surface area contributed by atoms with Gasteiger partial charge in [-0.3, -0.25) is 39.3 Å². The number of rotatable bonds is 10. The van der Waals surface area contributed by atoms with Gasteiger partial charge in [-0.2, -0.15) is 24.3 Å². The van der Waals surface area contributed by atoms with Crippen LogP contribution in [0.25, 0.3) is 87.7 Å². The average molecular weight is 1990 g/mol. The second-order valence-corrected chi connectivity index (χ2v) is 19.5. The summed E-state index contributed by atoms with van der Waals surface area (Å²) >= 11 is 0. The fourth-order valence-corrected chi connectivity index (χ4v) is 9.08. The van der Waals surface area contributed by atoms with Crippen molar-refractivity contribution in [2.24, 2.45) is 0 Å². The number of aryl methyl sites for hydroxylation is 9. The maximum atomic E-state index is 8.73. The van der Waals surface area contributed by atoms with Crippen molar-refractivity contribution in [2.75, 3.05) is 0 Å². The summed E-state index contributed by atoms with van der Waals surface area (Å²) in [5, 5.41) is 0. The van der Waals surface area contributed by atoms with Crippen LogP contribution in [0.15, 0.2) is 177 Å². The molecule has 12 rings (SSSR count). The summed E-state index contributed by atoms with van der Waals surface area (Å²) in [7, 11) is 0. The zero-order valence-electron chi connectivity index (χ0n) is 86.8. The van der Waals surface area contributed by atoms with Crippen molar-refractivity contribution in [2.45, 2.75) is 101 Å². The van der Waals surface area contributed by atoms with Crippen LogP contribution in [0.5, 0.6) is 0 Å². The quantitative estimate of drug-likeness (QED) is 0.128. The second kappa shape index (κ2) is 35.1. The average Bonchev–Trinajstić information content (AvgIpc) is 1.20. The minimum absolute atomic E-state index is 0. The maximum absolute atomic E-state index is 8.73. The van der Waals surface area contributed by atoms with Gasteiger partial charge in [0, 0.05) is 192 Å². The van der Waals surface area contributed by atoms with Crippen LogP contribution in [0.1, 0.15) is 151 Å². The van der Waals surface area contributed by atoms with Gasteiger partial charge in [-0.25, -0.2) is 0 Å². The van der Waals surface area contributed by atoms with Crippen molar-refractivity contribution in [3.8, 4) is 68.3 Å². The second-order valence-electron chi connectivity index (χ2n) is 19.5. The van der Waals surface area contributed by atoms with Crippen LogP contribution in [0.4, 0.5) is 22.7 Å². The summed E-state index contributed by atoms with van der Waals surface area (Å²) in [4.78, 5) is 29.5. The molecule has 0 amide bonds. The first-order valence-electron chi connectivity index (χ1n) is 45.2. The van der Waals surface area contributed by atoms with Crippen molar-refractivity contribution in [1.82, 2.24) is 38.2 Å². The molecule has 0 spiro atoms. The van der Waals surface area contributed by atoms with Crippen LogP contribution < -0.4 is 0 Å². The smallest absolute Gasteiger partial charge is 0.111 e. The Morgan fingerprint density at radius 3 is 1.11 bits per heavy atom. The molecule has 0 N–H and O–H groups in total. The molecule has 0 aliphatic carbocycles. The molecule has 12 aromatic rings. The van der Waals surface area contributed by atoms with Crippen LogP contribution >= 0.6 is 0 Å². The van der Waals surface area contributed by atoms with Gasteiger partial charge in [0.1, 0.15) is 22.7 Å². The largest absolute Gasteiger partial charge is 0.340 e. The van der Waals surface area contributed by atoms with Crippen LogP contribution in [0, 0.1) is 112 Å². The van der Waals surface area contributed by atoms with Gasteiger partial charge in [0.25, 0.3) is 0 Å². The first kappa shape index (κ1) is 38.6. The Balaban J connectivity index is 0.000000309. The molecular formula is C79H70Ir4N12-4. The Morgan fingerprint density at radius 2 is 0.747 bits per heavy atom. The molecule has 95 heavy (non-hydrogen) atoms. The summed E-state index contributed by atoms with van der Waals surface area (Å²) in [6.07, 6.45) is -4.00. The first-order valence-corrected chi connectivity index (χ1v) is 26.7. The molecule has 0 aliphatic rings. The van der Waals surface area contributed by atoms with E-state index in [2.05, 4.69) is 63.6 Å². The molecule has 4 radical (unpaired) electrons. The minimum Gasteiger partial charge on any atom is -0.340 e. The van der Waals surface area contributed by atoms with Crippen LogP contribution in [-0.2, 0) is 80.4 Å². The topological polar surface area (TPSA) is 88.7 Å². The van der Waals surface area contributed by atoms with Crippen molar-refractivity contribution in [3.05, 3.63) is 308 Å². The molecule has 12 nitrogen and oxygen atoms in total. The number of aromatic nitrogens is 8. The molecule has 0 saturated heterocycles. The summed E-state index contributed by atoms with van der Waals surface area (Å²) in [5.74, 6) is -4.90. The van der Waals surface area contributed by atoms with Crippen LogP contribution in [-0.4, -0.2) is 38.2 Å². The maximum Gasteiger partial charge on any atom is 0.111 e. The fourth-order valence-electron chi connectivity index (χ4n) is 9.08. The van der Waals surface area contributed by atoms with E-state index in [1.807, 2.05) is 0 Å². The normalized spacial score (nSPS) is 18.3. The monoisotopic (exact) mass is 2000 g/mol. The van der Waals surface area contributed by atoms with E-state index in [0.717, 1.165) is 44.2 Å². The van der Waals surface area contributed by atoms with E-state index in [4.69, 9.17) is 77.0 Å². The molecule has 0 saturated carbocycles. The van der Waals surface area contributed by atoms with E-state index in [1.165, 1.54) is 109 Å². The molecule has 0 fully saturated rings. The van der Waals surface area contributed by atoms with Gasteiger partial charge < -0.3 is 18.3 Å². The van der Waals surface area contributed by atoms with Crippen molar-refractivity contribution < 1.29 is 131 Å². The summed E-state index contributed by atoms with van der Waals surface area (Å²) in [6, 6.07) is 39.7. The van der Waals surface area contributed by atoms with Gasteiger partial charge in [-0.1, -0.05) is 114 Å². The van der Waals surface area contributed by atoms with E-state index in [9.17, 15) is 0 Å². The van der Waals surface area contributed by atoms with Gasteiger partial charge >= 0.3 is 0 Å². The molecule has 0 bridgehead atoms. The first-order chi connectivity index (χ1) is 58.7. The zero-order valence-corrected chi connectivity index (χ0v) is 59.4. The number of imidazole rings is 4. The Labute approximate surface area is 666 Å². The molecule has 4 heterocycles. The third-order valence-corrected chi connectivity index (χ3v) is 13.3. The molecule has 8 aromatic carbocycles. The van der Waals surface area contributed by atoms with Crippen LogP contribution in [0.3, 0.4) is 0 Å². The fraction of sp³-hybridized carbons (Fsp3) is 0.190. The summed E-state index contributed by atoms with van der Waals surface area (Å²) in [5.41, 5.74) is -1.07. The van der Waals surface area contributed by atoms with E-state index < -0.39 is 123 Å². The number of hydrogen-bond acceptors (Lipinski definition) is 4. The molecule has 4 aromatic heterocycles. The minimum atomic E-state index is -2.86. The van der Waals surface area contributed by atoms with E-state index in [1.54, 1.807) is 19.9 Å². The number of nitrogens with zero attached hydrogens (tertiary/aromatic N) is 12. The molecule has 16 heteroatoms. The summed E-state index contributed by atoms with van der Waals surface area (Å²) < 4.78 is 300. The predicted molar refractivity (Wildman–Crippen MR) is 367 cm³/mol. The van der Waals surface area contributed by atoms with Crippen LogP contribution in [0.2, 0.25) is 0 Å². The third-order valence-electron chi connectivity index (χ3n) is 13.3. The third kappa shape index (κ3) is 17.6. The predicted octanol–water partition coefficient (Wildman–Crippen LogP) is 20.6. The van der Waals surface area contributed by atoms with Crippen molar-refractivity contribution in [1.29, 1.82) is 0 Å². The molecular weight excluding hydrogens is 1890 g/mol. The van der Waals surface area contributed by atoms with Crippen molar-refractivity contribution in [3.63, 3.8) is 0 Å². The van der Waals surface area contributed by atoms with E-state index >= 15 is 0 Å². The zero-order chi connectivity index (χ0) is 96.4. The Kier molecular flexibility index (Phi) is 14.3. The van der Waals surface area contributed by atoms with E-state index in [-0.39, 0.29) is 216 Å². The van der Waals surface area contributed by atoms with Gasteiger partial charge in [-0.05, 0) is 104 Å². The van der Waals surface area contributed by atoms with Crippen molar-refractivity contribution >= 4 is 22.7 Å². The number of benzene rings is 8. The SMILES string of the molecule is [2H]c1nc(-c2[c-]cc(C([2H])([2H])[2H])c([N+]#[C-])c2)n(-c2c(C([2H])([2H])[2H])cccc2C([2H])([2H])[2H])c1[2H].[2H]c1nc(-c2[c-]cc(C)c([N+]#[C-])c2)n(-c2c(C([2H])([2H])[2H])cc(C)cc2C([2H])([2H])[2H])c1[2H].[2H]c1nc(-c2[c-]ccc([N+]#[C-])c2)n(-c2c(C([2H])(C)C([2H])([2H])[2H])cccc2C([2H])(C)C([2H])([2H])[2H])c1[2H].[2H]c1nc(-c2[c-]ccc([N+]#[C-])c2)n(-c2c(C([2H])([2H])[2H])cccc2C([2H])([2H])[2H])c1[2H].[Ir].[Ir].[Ir].[Ir]. The van der Waals surface area contributed by atoms with Gasteiger partial charge in [0.2, 0.25) is 0 Å². The number of para-hydroxylation sites is 3. The van der Waals surface area contributed by atoms with Gasteiger partial charge in [0.05, 0.1) is 60.6 Å². The molecule has 486 valence electrons. The molecule has 0 aliphatic heterocycles. The Bertz CT molecular complexity index is 6320. The molecule has 2 atom stereocenters. The number of hydrogen-bond donors (Lipinski definition) is 0. The van der Waals surface area contributed by atoms with E-state index in [0.29, 0.717) is 16.8 Å². The van der Waals surface area contributed by atoms with Gasteiger partial charge in [0.15, 0.2) is 0 Å². The standard InChI is InChI=1S/C22H22N3.C20H18N3.C19H16N3.C18H14N3.4Ir/c1-15(2)19-10-7-11-20(16(3)4)21(19)25-13-12-24-22(25)17-8-6-9-18(14-17)23-5;1-13-10-15(3)19(16(4)11-13)23-9-8-22-20(23)17-7-6-14(2)18(12-17)21-5;1-13-8-9-16(12-17(13)20-4)19-21-10-11-22(19)18-14(2)6-5-7-15(18)3;1-13-6-4-7-14(2)17(13)21-11-10-20-18(21)15-8-5-9-16(12-15)19-3;;;;/h6-7,9-16H,1-4H3;6,8-12H,1-4H3;5-8,10-12H,1-3H3;4-7,9-12H,1-2H3;;;;/q4*-1;;;;/i1D3,3D3,12D,13D,15D,16D;3D3,4D3,8D,9D;1D3,2D3,3D3,10D,11D;1D3,2D3,10D,11D;;;;. The summed E-state index contributed by atoms with van der Waals surface area (Å²) in [6.45, 7) is 10.2. The molecule has 2 unspecified atom stereocenters.